The Morgan fingerprint density at radius 2 is 2.08 bits per heavy atom. The molecule has 36 heavy (non-hydrogen) atoms. The average molecular weight is 493 g/mol. The van der Waals surface area contributed by atoms with Gasteiger partial charge in [-0.05, 0) is 87.1 Å². The highest BCUT2D eigenvalue weighted by Crippen LogP contribution is 2.53. The van der Waals surface area contributed by atoms with E-state index in [0.29, 0.717) is 18.4 Å². The molecule has 3 aliphatic rings. The quantitative estimate of drug-likeness (QED) is 0.548. The Balaban J connectivity index is 1.34. The third-order valence-corrected chi connectivity index (χ3v) is 8.18. The van der Waals surface area contributed by atoms with Gasteiger partial charge in [-0.1, -0.05) is 24.3 Å². The molecule has 1 aromatic carbocycles. The van der Waals surface area contributed by atoms with E-state index in [1.807, 2.05) is 31.2 Å². The fraction of sp³-hybridized carbons (Fsp3) is 0.483. The van der Waals surface area contributed by atoms with Crippen molar-refractivity contribution in [3.63, 3.8) is 0 Å². The minimum absolute atomic E-state index is 0.0679. The minimum Gasteiger partial charge on any atom is -0.462 e. The minimum atomic E-state index is -0.368. The molecule has 1 saturated heterocycles. The van der Waals surface area contributed by atoms with Gasteiger partial charge in [-0.3, -0.25) is 9.78 Å². The van der Waals surface area contributed by atoms with Gasteiger partial charge in [-0.15, -0.1) is 0 Å². The van der Waals surface area contributed by atoms with Crippen LogP contribution in [0.15, 0.2) is 48.7 Å². The number of esters is 1. The van der Waals surface area contributed by atoms with Crippen molar-refractivity contribution < 1.29 is 23.5 Å². The largest absolute Gasteiger partial charge is 0.462 e. The van der Waals surface area contributed by atoms with Crippen LogP contribution in [0.25, 0.3) is 17.2 Å². The van der Waals surface area contributed by atoms with Crippen molar-refractivity contribution in [2.45, 2.75) is 51.7 Å². The van der Waals surface area contributed by atoms with Crippen molar-refractivity contribution in [2.24, 2.45) is 29.6 Å². The summed E-state index contributed by atoms with van der Waals surface area (Å²) < 4.78 is 24.3. The van der Waals surface area contributed by atoms with E-state index in [1.165, 1.54) is 12.1 Å². The molecular formula is C29H33FN2O4. The second kappa shape index (κ2) is 10.4. The zero-order valence-corrected chi connectivity index (χ0v) is 20.7. The van der Waals surface area contributed by atoms with Gasteiger partial charge >= 0.3 is 12.1 Å². The zero-order valence-electron chi connectivity index (χ0n) is 20.7. The first kappa shape index (κ1) is 24.5. The fourth-order valence-corrected chi connectivity index (χ4v) is 6.64. The Hall–Kier alpha value is -3.22. The van der Waals surface area contributed by atoms with Crippen LogP contribution in [0.4, 0.5) is 9.18 Å². The molecule has 2 aromatic rings. The highest BCUT2D eigenvalue weighted by atomic mass is 19.1. The first-order valence-electron chi connectivity index (χ1n) is 13.0. The summed E-state index contributed by atoms with van der Waals surface area (Å²) in [5.74, 6) is 0.629. The molecular weight excluding hydrogens is 459 g/mol. The van der Waals surface area contributed by atoms with Gasteiger partial charge in [0.25, 0.3) is 0 Å². The molecule has 0 radical (unpaired) electrons. The fourth-order valence-electron chi connectivity index (χ4n) is 6.64. The van der Waals surface area contributed by atoms with Gasteiger partial charge in [0.15, 0.2) is 0 Å². The lowest BCUT2D eigenvalue weighted by molar-refractivity contribution is -0.144. The number of pyridine rings is 1. The van der Waals surface area contributed by atoms with E-state index in [2.05, 4.69) is 16.4 Å². The molecule has 190 valence electrons. The van der Waals surface area contributed by atoms with Crippen molar-refractivity contribution in [1.82, 2.24) is 10.3 Å². The maximum Gasteiger partial charge on any atom is 0.407 e. The summed E-state index contributed by atoms with van der Waals surface area (Å²) in [4.78, 5) is 29.2. The molecule has 5 rings (SSSR count). The molecule has 6 nitrogen and oxygen atoms in total. The Bertz CT molecular complexity index is 1130. The summed E-state index contributed by atoms with van der Waals surface area (Å²) in [5.41, 5.74) is 2.48. The molecule has 1 amide bonds. The van der Waals surface area contributed by atoms with Crippen molar-refractivity contribution in [1.29, 1.82) is 0 Å². The van der Waals surface area contributed by atoms with Crippen LogP contribution in [0.1, 0.15) is 45.2 Å². The molecule has 0 bridgehead atoms. The average Bonchev–Trinajstić information content (AvgIpc) is 3.15. The predicted molar refractivity (Wildman–Crippen MR) is 134 cm³/mol. The lowest BCUT2D eigenvalue weighted by Gasteiger charge is -2.47. The molecule has 2 heterocycles. The van der Waals surface area contributed by atoms with Crippen LogP contribution in [0.3, 0.4) is 0 Å². The van der Waals surface area contributed by atoms with Gasteiger partial charge < -0.3 is 14.8 Å². The number of benzene rings is 1. The number of aromatic nitrogens is 1. The van der Waals surface area contributed by atoms with E-state index >= 15 is 0 Å². The molecule has 3 fully saturated rings. The van der Waals surface area contributed by atoms with Crippen LogP contribution < -0.4 is 5.32 Å². The number of carbonyl (C=O) groups excluding carboxylic acids is 2. The molecule has 0 unspecified atom stereocenters. The standard InChI is InChI=1S/C29H33FN2O4/c1-3-35-29(34)32-23-10-11-24-20(14-23)15-26-27(17(2)36-28(26)33)25(24)12-9-22-8-7-19(16-31-22)18-5-4-6-21(30)13-18/h4-9,12-13,16-17,20,23-27H,3,10-11,14-15H2,1-2H3,(H,32,34)/t17-,20-,23-,24+,25-,26-,27+/m1/s1. The number of fused-ring (bicyclic) bond motifs is 2. The van der Waals surface area contributed by atoms with Crippen LogP contribution in [-0.2, 0) is 14.3 Å². The van der Waals surface area contributed by atoms with Gasteiger partial charge in [0.1, 0.15) is 11.9 Å². The Kier molecular flexibility index (Phi) is 7.08. The number of hydrogen-bond donors (Lipinski definition) is 1. The predicted octanol–water partition coefficient (Wildman–Crippen LogP) is 5.63. The highest BCUT2D eigenvalue weighted by molar-refractivity contribution is 5.75. The topological polar surface area (TPSA) is 77.5 Å². The number of carbonyl (C=O) groups is 2. The van der Waals surface area contributed by atoms with Crippen LogP contribution in [-0.4, -0.2) is 35.8 Å². The van der Waals surface area contributed by atoms with Crippen LogP contribution in [0.2, 0.25) is 0 Å². The van der Waals surface area contributed by atoms with Crippen LogP contribution in [0, 0.1) is 35.4 Å². The summed E-state index contributed by atoms with van der Waals surface area (Å²) in [6, 6.07) is 10.4. The van der Waals surface area contributed by atoms with Crippen LogP contribution in [0.5, 0.6) is 0 Å². The number of ether oxygens (including phenoxy) is 2. The first-order valence-corrected chi connectivity index (χ1v) is 13.0. The number of alkyl carbamates (subject to hydrolysis) is 1. The summed E-state index contributed by atoms with van der Waals surface area (Å²) in [5, 5.41) is 3.00. The monoisotopic (exact) mass is 492 g/mol. The van der Waals surface area contributed by atoms with Crippen molar-refractivity contribution in [2.75, 3.05) is 6.61 Å². The number of nitrogens with zero attached hydrogens (tertiary/aromatic N) is 1. The summed E-state index contributed by atoms with van der Waals surface area (Å²) in [7, 11) is 0. The van der Waals surface area contributed by atoms with Crippen LogP contribution >= 0.6 is 0 Å². The number of nitrogens with one attached hydrogen (secondary N) is 1. The normalized spacial score (nSPS) is 31.4. The Morgan fingerprint density at radius 3 is 2.83 bits per heavy atom. The second-order valence-corrected chi connectivity index (χ2v) is 10.3. The molecule has 2 aliphatic carbocycles. The van der Waals surface area contributed by atoms with Gasteiger partial charge in [0, 0.05) is 23.7 Å². The number of halogens is 1. The van der Waals surface area contributed by atoms with Crippen molar-refractivity contribution in [3.8, 4) is 11.1 Å². The maximum absolute atomic E-state index is 13.6. The van der Waals surface area contributed by atoms with E-state index in [0.717, 1.165) is 42.5 Å². The molecule has 7 heteroatoms. The summed E-state index contributed by atoms with van der Waals surface area (Å²) in [6.45, 7) is 4.15. The van der Waals surface area contributed by atoms with Gasteiger partial charge in [0.05, 0.1) is 18.2 Å². The molecule has 1 aliphatic heterocycles. The number of cyclic esters (lactones) is 1. The molecule has 0 spiro atoms. The number of amides is 1. The van der Waals surface area contributed by atoms with Gasteiger partial charge in [-0.25, -0.2) is 9.18 Å². The van der Waals surface area contributed by atoms with E-state index in [4.69, 9.17) is 9.47 Å². The zero-order chi connectivity index (χ0) is 25.2. The summed E-state index contributed by atoms with van der Waals surface area (Å²) >= 11 is 0. The number of rotatable bonds is 5. The molecule has 7 atom stereocenters. The van der Waals surface area contributed by atoms with Crippen molar-refractivity contribution in [3.05, 3.63) is 60.2 Å². The number of allylic oxidation sites excluding steroid dienone is 1. The third kappa shape index (κ3) is 5.01. The van der Waals surface area contributed by atoms with E-state index < -0.39 is 0 Å². The Labute approximate surface area is 211 Å². The molecule has 1 N–H and O–H groups in total. The van der Waals surface area contributed by atoms with Gasteiger partial charge in [-0.2, -0.15) is 0 Å². The lowest BCUT2D eigenvalue weighted by atomic mass is 9.57. The first-order chi connectivity index (χ1) is 17.4. The molecule has 1 aromatic heterocycles. The SMILES string of the molecule is CCOC(=O)N[C@@H]1CC[C@H]2[C@H](C1)C[C@H]1C(=O)O[C@H](C)[C@H]1[C@@H]2C=Cc1ccc(-c2cccc(F)c2)cn1. The molecule has 2 saturated carbocycles. The van der Waals surface area contributed by atoms with Crippen molar-refractivity contribution >= 4 is 18.1 Å². The Morgan fingerprint density at radius 1 is 1.22 bits per heavy atom. The van der Waals surface area contributed by atoms with E-state index in [-0.39, 0.29) is 47.8 Å². The number of hydrogen-bond acceptors (Lipinski definition) is 5. The highest BCUT2D eigenvalue weighted by Gasteiger charge is 2.54. The summed E-state index contributed by atoms with van der Waals surface area (Å²) in [6.07, 6.45) is 9.07. The third-order valence-electron chi connectivity index (χ3n) is 8.18. The second-order valence-electron chi connectivity index (χ2n) is 10.3. The van der Waals surface area contributed by atoms with E-state index in [1.54, 1.807) is 19.2 Å². The lowest BCUT2D eigenvalue weighted by Crippen LogP contribution is -2.48. The smallest absolute Gasteiger partial charge is 0.407 e. The van der Waals surface area contributed by atoms with Gasteiger partial charge in [0.2, 0.25) is 0 Å². The maximum atomic E-state index is 13.6. The van der Waals surface area contributed by atoms with E-state index in [9.17, 15) is 14.0 Å².